The molecule has 23 heteroatoms. The molecule has 17 N–H and O–H groups in total. The van der Waals surface area contributed by atoms with Gasteiger partial charge in [0.1, 0.15) is 36.5 Å². The molecule has 6 atom stereocenters. The molecule has 0 spiro atoms. The van der Waals surface area contributed by atoms with Gasteiger partial charge in [-0.15, -0.1) is 0 Å². The predicted molar refractivity (Wildman–Crippen MR) is 222 cm³/mol. The Morgan fingerprint density at radius 2 is 1.57 bits per heavy atom. The van der Waals surface area contributed by atoms with Gasteiger partial charge < -0.3 is 79.7 Å². The number of rotatable bonds is 26. The number of guanidine groups is 1. The summed E-state index contributed by atoms with van der Waals surface area (Å²) in [6.07, 6.45) is 4.38. The Morgan fingerprint density at radius 1 is 0.852 bits per heavy atom. The van der Waals surface area contributed by atoms with Gasteiger partial charge in [0.25, 0.3) is 0 Å². The molecule has 23 nitrogen and oxygen atoms in total. The molecule has 0 bridgehead atoms. The van der Waals surface area contributed by atoms with Gasteiger partial charge >= 0.3 is 0 Å². The van der Waals surface area contributed by atoms with Crippen molar-refractivity contribution < 1.29 is 48.6 Å². The van der Waals surface area contributed by atoms with Crippen LogP contribution in [-0.4, -0.2) is 156 Å². The van der Waals surface area contributed by atoms with Crippen molar-refractivity contribution in [2.24, 2.45) is 27.9 Å². The van der Waals surface area contributed by atoms with E-state index in [-0.39, 0.29) is 44.7 Å². The minimum absolute atomic E-state index is 0.00280. The van der Waals surface area contributed by atoms with E-state index in [1.54, 1.807) is 6.20 Å². The van der Waals surface area contributed by atoms with E-state index in [1.807, 2.05) is 24.3 Å². The van der Waals surface area contributed by atoms with Crippen LogP contribution in [-0.2, 0) is 44.8 Å². The number of aliphatic imine (C=N–C) groups is 1. The summed E-state index contributed by atoms with van der Waals surface area (Å²) in [5.74, 6) is -5.39. The number of amides is 7. The van der Waals surface area contributed by atoms with E-state index >= 15 is 0 Å². The van der Waals surface area contributed by atoms with Gasteiger partial charge in [-0.25, -0.2) is 0 Å². The summed E-state index contributed by atoms with van der Waals surface area (Å²) in [6, 6.07) is 0.181. The van der Waals surface area contributed by atoms with Crippen LogP contribution in [0.1, 0.15) is 50.5 Å². The number of carbonyl (C=O) groups is 8. The number of carbonyl (C=O) groups excluding carboxylic acids is 8. The van der Waals surface area contributed by atoms with Crippen molar-refractivity contribution in [2.45, 2.75) is 87.6 Å². The highest BCUT2D eigenvalue weighted by Gasteiger charge is 2.39. The number of aliphatic hydroxyl groups is 2. The average molecular weight is 858 g/mol. The fraction of sp³-hybridized carbons (Fsp3) is 0.553. The molecule has 2 heterocycles. The maximum absolute atomic E-state index is 13.9. The number of aliphatic hydroxyl groups excluding tert-OH is 2. The summed E-state index contributed by atoms with van der Waals surface area (Å²) in [5, 5.41) is 34.9. The first-order valence-corrected chi connectivity index (χ1v) is 20.0. The van der Waals surface area contributed by atoms with Crippen molar-refractivity contribution in [3.8, 4) is 0 Å². The van der Waals surface area contributed by atoms with Gasteiger partial charge in [0.2, 0.25) is 41.4 Å². The highest BCUT2D eigenvalue weighted by Crippen LogP contribution is 2.21. The third kappa shape index (κ3) is 15.7. The van der Waals surface area contributed by atoms with Crippen LogP contribution in [0, 0.1) is 0 Å². The number of aromatic amines is 1. The second-order valence-corrected chi connectivity index (χ2v) is 14.4. The zero-order chi connectivity index (χ0) is 44.9. The lowest BCUT2D eigenvalue weighted by Crippen LogP contribution is -2.59. The van der Waals surface area contributed by atoms with E-state index < -0.39 is 104 Å². The Kier molecular flexibility index (Phi) is 20.5. The van der Waals surface area contributed by atoms with Crippen molar-refractivity contribution in [1.29, 1.82) is 0 Å². The van der Waals surface area contributed by atoms with Crippen molar-refractivity contribution in [3.05, 3.63) is 36.0 Å². The first-order chi connectivity index (χ1) is 29.2. The van der Waals surface area contributed by atoms with E-state index in [9.17, 15) is 43.5 Å². The van der Waals surface area contributed by atoms with Crippen molar-refractivity contribution in [1.82, 2.24) is 41.8 Å². The van der Waals surface area contributed by atoms with Gasteiger partial charge in [-0.05, 0) is 56.7 Å². The van der Waals surface area contributed by atoms with Crippen LogP contribution in [0.4, 0.5) is 0 Å². The number of nitrogens with two attached hydrogens (primary N) is 4. The van der Waals surface area contributed by atoms with E-state index in [0.29, 0.717) is 44.1 Å². The maximum Gasteiger partial charge on any atom is 0.248 e. The van der Waals surface area contributed by atoms with Crippen LogP contribution >= 0.6 is 0 Å². The molecule has 1 aromatic carbocycles. The van der Waals surface area contributed by atoms with Gasteiger partial charge in [-0.1, -0.05) is 24.6 Å². The van der Waals surface area contributed by atoms with Crippen LogP contribution in [0.5, 0.6) is 0 Å². The molecule has 336 valence electrons. The summed E-state index contributed by atoms with van der Waals surface area (Å²) in [7, 11) is 0. The second kappa shape index (κ2) is 25.5. The number of hydrogen-bond acceptors (Lipinski definition) is 13. The third-order valence-electron chi connectivity index (χ3n) is 9.83. The quantitative estimate of drug-likeness (QED) is 0.0182. The van der Waals surface area contributed by atoms with Crippen LogP contribution in [0.15, 0.2) is 35.5 Å². The minimum atomic E-state index is -1.52. The number of hydrogen-bond donors (Lipinski definition) is 13. The van der Waals surface area contributed by atoms with Crippen LogP contribution in [0.25, 0.3) is 10.9 Å². The molecular weight excluding hydrogens is 798 g/mol. The molecular formula is C38H59N13O10. The summed E-state index contributed by atoms with van der Waals surface area (Å²) >= 11 is 0. The van der Waals surface area contributed by atoms with Gasteiger partial charge in [0, 0.05) is 36.6 Å². The van der Waals surface area contributed by atoms with Crippen molar-refractivity contribution in [2.75, 3.05) is 45.9 Å². The fourth-order valence-corrected chi connectivity index (χ4v) is 6.56. The number of aldehydes is 1. The molecule has 0 unspecified atom stereocenters. The molecule has 1 fully saturated rings. The molecule has 1 aromatic heterocycles. The number of likely N-dealkylation sites (tertiary alicyclic amines) is 1. The van der Waals surface area contributed by atoms with Gasteiger partial charge in [-0.2, -0.15) is 0 Å². The number of nitrogens with one attached hydrogen (secondary N) is 7. The number of nitrogens with zero attached hydrogens (tertiary/aromatic N) is 2. The number of benzene rings is 1. The normalized spacial score (nSPS) is 15.9. The standard InChI is InChI=1S/C38H59N13O10/c39-12-4-3-8-25(40)33(57)49-28(15-22-16-44-26-9-2-1-7-24(22)26)35(59)50-29(21-54)37(61)51-14-6-11-30(51)36(60)48-27(10-5-13-43-38(41)42)34(58)46-17-31(55)45-18-32(56)47-23(19-52)20-53/h1-2,7,9,16,19,23,25,27-30,44,53-54H,3-6,8,10-15,17-18,20-21,39-40H2,(H,45,55)(H,46,58)(H,47,56)(H,48,60)(H,49,57)(H,50,59)(H4,41,42,43)/t23-,25+,27+,28+,29+,30+/m1/s1. The Morgan fingerprint density at radius 3 is 2.26 bits per heavy atom. The molecule has 61 heavy (non-hydrogen) atoms. The Balaban J connectivity index is 1.71. The Bertz CT molecular complexity index is 1850. The van der Waals surface area contributed by atoms with E-state index in [0.717, 1.165) is 10.9 Å². The molecule has 7 amide bonds. The van der Waals surface area contributed by atoms with E-state index in [2.05, 4.69) is 41.9 Å². The molecule has 0 radical (unpaired) electrons. The maximum atomic E-state index is 13.9. The summed E-state index contributed by atoms with van der Waals surface area (Å²) in [6.45, 7) is -2.03. The number of para-hydroxylation sites is 1. The van der Waals surface area contributed by atoms with Crippen LogP contribution in [0.2, 0.25) is 0 Å². The lowest BCUT2D eigenvalue weighted by molar-refractivity contribution is -0.143. The molecule has 0 aliphatic carbocycles. The van der Waals surface area contributed by atoms with Crippen molar-refractivity contribution in [3.63, 3.8) is 0 Å². The number of aromatic nitrogens is 1. The summed E-state index contributed by atoms with van der Waals surface area (Å²) in [4.78, 5) is 111. The van der Waals surface area contributed by atoms with Crippen molar-refractivity contribution >= 4 is 64.5 Å². The smallest absolute Gasteiger partial charge is 0.248 e. The molecule has 1 aliphatic rings. The topological polar surface area (TPSA) is 385 Å². The molecule has 0 saturated carbocycles. The van der Waals surface area contributed by atoms with Gasteiger partial charge in [0.05, 0.1) is 32.3 Å². The highest BCUT2D eigenvalue weighted by atomic mass is 16.3. The average Bonchev–Trinajstić information content (AvgIpc) is 3.91. The number of unbranched alkanes of at least 4 members (excludes halogenated alkanes) is 1. The minimum Gasteiger partial charge on any atom is -0.394 e. The fourth-order valence-electron chi connectivity index (χ4n) is 6.56. The van der Waals surface area contributed by atoms with E-state index in [4.69, 9.17) is 28.0 Å². The predicted octanol–water partition coefficient (Wildman–Crippen LogP) is -5.43. The lowest BCUT2D eigenvalue weighted by atomic mass is 10.0. The van der Waals surface area contributed by atoms with Crippen LogP contribution in [0.3, 0.4) is 0 Å². The lowest BCUT2D eigenvalue weighted by Gasteiger charge is -2.30. The van der Waals surface area contributed by atoms with Gasteiger partial charge in [-0.3, -0.25) is 38.6 Å². The Labute approximate surface area is 351 Å². The highest BCUT2D eigenvalue weighted by molar-refractivity contribution is 5.97. The summed E-state index contributed by atoms with van der Waals surface area (Å²) in [5.41, 5.74) is 24.0. The largest absolute Gasteiger partial charge is 0.394 e. The molecule has 3 rings (SSSR count). The van der Waals surface area contributed by atoms with Gasteiger partial charge in [0.15, 0.2) is 5.96 Å². The third-order valence-corrected chi connectivity index (χ3v) is 9.83. The zero-order valence-corrected chi connectivity index (χ0v) is 33.9. The van der Waals surface area contributed by atoms with E-state index in [1.165, 1.54) is 4.90 Å². The Hall–Kier alpha value is -6.17. The number of H-pyrrole nitrogens is 1. The summed E-state index contributed by atoms with van der Waals surface area (Å²) < 4.78 is 0. The zero-order valence-electron chi connectivity index (χ0n) is 33.9. The first-order valence-electron chi connectivity index (χ1n) is 20.0. The number of fused-ring (bicyclic) bond motifs is 1. The first kappa shape index (κ1) is 49.2. The molecule has 1 aliphatic heterocycles. The van der Waals surface area contributed by atoms with Crippen LogP contribution < -0.4 is 54.8 Å². The SMILES string of the molecule is NCCCC[C@H](N)C(=O)N[C@@H](Cc1c[nH]c2ccccc12)C(=O)N[C@@H](CO)C(=O)N1CCC[C@H]1C(=O)N[C@@H](CCCN=C(N)N)C(=O)NCC(=O)NCC(=O)N[C@H](C=O)CO. The monoisotopic (exact) mass is 857 g/mol. The molecule has 2 aromatic rings. The molecule has 1 saturated heterocycles. The second-order valence-electron chi connectivity index (χ2n) is 14.4.